The zero-order valence-electron chi connectivity index (χ0n) is 13.6. The first-order valence-corrected chi connectivity index (χ1v) is 9.15. The highest BCUT2D eigenvalue weighted by molar-refractivity contribution is 7.09. The number of amides is 2. The molecule has 1 atom stereocenters. The van der Waals surface area contributed by atoms with E-state index in [0.29, 0.717) is 13.1 Å². The summed E-state index contributed by atoms with van der Waals surface area (Å²) in [7, 11) is 0. The zero-order valence-corrected chi connectivity index (χ0v) is 14.4. The maximum absolute atomic E-state index is 12.4. The molecule has 0 radical (unpaired) electrons. The summed E-state index contributed by atoms with van der Waals surface area (Å²) < 4.78 is 10.4. The number of rotatable bonds is 7. The Morgan fingerprint density at radius 3 is 2.96 bits per heavy atom. The van der Waals surface area contributed by atoms with Crippen LogP contribution in [0.1, 0.15) is 11.3 Å². The highest BCUT2D eigenvalue weighted by Gasteiger charge is 2.37. The molecule has 3 rings (SSSR count). The van der Waals surface area contributed by atoms with E-state index < -0.39 is 12.1 Å². The van der Waals surface area contributed by atoms with Gasteiger partial charge in [-0.3, -0.25) is 14.6 Å². The van der Waals surface area contributed by atoms with Crippen molar-refractivity contribution < 1.29 is 19.1 Å². The number of nitrogens with one attached hydrogen (secondary N) is 1. The molecule has 0 saturated carbocycles. The fourth-order valence-corrected chi connectivity index (χ4v) is 3.57. The number of ether oxygens (including phenoxy) is 2. The number of hydrogen-bond acceptors (Lipinski definition) is 6. The van der Waals surface area contributed by atoms with Crippen molar-refractivity contribution in [1.82, 2.24) is 15.1 Å². The number of thiophene rings is 1. The van der Waals surface area contributed by atoms with Crippen molar-refractivity contribution in [2.24, 2.45) is 0 Å². The lowest BCUT2D eigenvalue weighted by Gasteiger charge is -2.26. The van der Waals surface area contributed by atoms with Crippen molar-refractivity contribution in [3.05, 3.63) is 22.4 Å². The maximum atomic E-state index is 12.4. The Hall–Kier alpha value is -1.64. The van der Waals surface area contributed by atoms with Crippen molar-refractivity contribution in [3.8, 4) is 0 Å². The van der Waals surface area contributed by atoms with E-state index in [1.54, 1.807) is 11.3 Å². The van der Waals surface area contributed by atoms with E-state index in [0.717, 1.165) is 44.1 Å². The molecule has 1 aromatic heterocycles. The molecule has 1 aromatic rings. The third-order valence-corrected chi connectivity index (χ3v) is 5.10. The van der Waals surface area contributed by atoms with Crippen LogP contribution in [0.15, 0.2) is 17.5 Å². The largest absolute Gasteiger partial charge is 0.447 e. The van der Waals surface area contributed by atoms with Crippen LogP contribution in [0.25, 0.3) is 0 Å². The second-order valence-corrected chi connectivity index (χ2v) is 6.93. The normalized spacial score (nSPS) is 21.8. The topological polar surface area (TPSA) is 71.1 Å². The van der Waals surface area contributed by atoms with Crippen LogP contribution in [0.4, 0.5) is 4.79 Å². The average Bonchev–Trinajstić information content (AvgIpc) is 3.24. The molecule has 7 nitrogen and oxygen atoms in total. The van der Waals surface area contributed by atoms with Crippen molar-refractivity contribution in [1.29, 1.82) is 0 Å². The number of morpholine rings is 1. The standard InChI is InChI=1S/C16H23N3O4S/c20-15(17-4-2-5-18-6-8-22-9-7-18)14-12-23-16(21)19(14)11-13-3-1-10-24-13/h1,3,10,14H,2,4-9,11-12H2,(H,17,20)/t14-/m0/s1. The predicted octanol–water partition coefficient (Wildman–Crippen LogP) is 0.907. The molecule has 2 amide bonds. The average molecular weight is 353 g/mol. The van der Waals surface area contributed by atoms with Gasteiger partial charge in [0.2, 0.25) is 5.91 Å². The summed E-state index contributed by atoms with van der Waals surface area (Å²) in [5.41, 5.74) is 0. The Balaban J connectivity index is 1.42. The Morgan fingerprint density at radius 2 is 2.21 bits per heavy atom. The van der Waals surface area contributed by atoms with Gasteiger partial charge >= 0.3 is 6.09 Å². The lowest BCUT2D eigenvalue weighted by atomic mass is 10.2. The van der Waals surface area contributed by atoms with Crippen LogP contribution in [0.5, 0.6) is 0 Å². The molecule has 0 aliphatic carbocycles. The van der Waals surface area contributed by atoms with Gasteiger partial charge in [-0.25, -0.2) is 4.79 Å². The Kier molecular flexibility index (Phi) is 6.06. The molecule has 2 saturated heterocycles. The van der Waals surface area contributed by atoms with Gasteiger partial charge in [-0.15, -0.1) is 11.3 Å². The van der Waals surface area contributed by atoms with Gasteiger partial charge in [0.05, 0.1) is 19.8 Å². The summed E-state index contributed by atoms with van der Waals surface area (Å²) in [4.78, 5) is 29.1. The molecule has 1 N–H and O–H groups in total. The minimum atomic E-state index is -0.539. The lowest BCUT2D eigenvalue weighted by molar-refractivity contribution is -0.125. The Bertz CT molecular complexity index is 546. The molecule has 0 unspecified atom stereocenters. The van der Waals surface area contributed by atoms with Crippen LogP contribution in [-0.2, 0) is 20.8 Å². The van der Waals surface area contributed by atoms with Gasteiger partial charge in [-0.2, -0.15) is 0 Å². The van der Waals surface area contributed by atoms with E-state index >= 15 is 0 Å². The van der Waals surface area contributed by atoms with E-state index in [4.69, 9.17) is 9.47 Å². The Labute approximate surface area is 145 Å². The van der Waals surface area contributed by atoms with Gasteiger partial charge < -0.3 is 14.8 Å². The van der Waals surface area contributed by atoms with Gasteiger partial charge in [-0.05, 0) is 24.4 Å². The highest BCUT2D eigenvalue weighted by atomic mass is 32.1. The first kappa shape index (κ1) is 17.2. The van der Waals surface area contributed by atoms with Crippen molar-refractivity contribution >= 4 is 23.3 Å². The predicted molar refractivity (Wildman–Crippen MR) is 89.9 cm³/mol. The van der Waals surface area contributed by atoms with E-state index in [1.807, 2.05) is 17.5 Å². The van der Waals surface area contributed by atoms with Crippen molar-refractivity contribution in [2.45, 2.75) is 19.0 Å². The summed E-state index contributed by atoms with van der Waals surface area (Å²) in [5.74, 6) is -0.139. The smallest absolute Gasteiger partial charge is 0.410 e. The van der Waals surface area contributed by atoms with Crippen LogP contribution in [0, 0.1) is 0 Å². The van der Waals surface area contributed by atoms with Crippen LogP contribution < -0.4 is 5.32 Å². The molecule has 0 bridgehead atoms. The van der Waals surface area contributed by atoms with Gasteiger partial charge in [-0.1, -0.05) is 6.07 Å². The number of carbonyl (C=O) groups is 2. The van der Waals surface area contributed by atoms with Gasteiger partial charge in [0.1, 0.15) is 12.6 Å². The van der Waals surface area contributed by atoms with E-state index in [2.05, 4.69) is 10.2 Å². The van der Waals surface area contributed by atoms with E-state index in [1.165, 1.54) is 4.90 Å². The first-order chi connectivity index (χ1) is 11.7. The molecule has 0 spiro atoms. The summed E-state index contributed by atoms with van der Waals surface area (Å²) in [5, 5.41) is 4.88. The van der Waals surface area contributed by atoms with Crippen LogP contribution in [-0.4, -0.2) is 73.8 Å². The van der Waals surface area contributed by atoms with Crippen LogP contribution in [0.3, 0.4) is 0 Å². The quantitative estimate of drug-likeness (QED) is 0.738. The molecule has 8 heteroatoms. The number of nitrogens with zero attached hydrogens (tertiary/aromatic N) is 2. The fourth-order valence-electron chi connectivity index (χ4n) is 2.87. The number of carbonyl (C=O) groups excluding carboxylic acids is 2. The molecule has 24 heavy (non-hydrogen) atoms. The second-order valence-electron chi connectivity index (χ2n) is 5.90. The van der Waals surface area contributed by atoms with E-state index in [-0.39, 0.29) is 12.5 Å². The van der Waals surface area contributed by atoms with Gasteiger partial charge in [0.15, 0.2) is 0 Å². The summed E-state index contributed by atoms with van der Waals surface area (Å²) >= 11 is 1.57. The Morgan fingerprint density at radius 1 is 1.38 bits per heavy atom. The highest BCUT2D eigenvalue weighted by Crippen LogP contribution is 2.19. The molecule has 0 aromatic carbocycles. The lowest BCUT2D eigenvalue weighted by Crippen LogP contribution is -2.46. The molecular formula is C16H23N3O4S. The van der Waals surface area contributed by atoms with Gasteiger partial charge in [0.25, 0.3) is 0 Å². The third kappa shape index (κ3) is 4.46. The fraction of sp³-hybridized carbons (Fsp3) is 0.625. The van der Waals surface area contributed by atoms with Crippen LogP contribution >= 0.6 is 11.3 Å². The molecular weight excluding hydrogens is 330 g/mol. The molecule has 132 valence electrons. The van der Waals surface area contributed by atoms with Crippen molar-refractivity contribution in [2.75, 3.05) is 46.0 Å². The summed E-state index contributed by atoms with van der Waals surface area (Å²) in [6.45, 7) is 5.57. The SMILES string of the molecule is O=C(NCCCN1CCOCC1)[C@@H]1COC(=O)N1Cc1cccs1. The summed E-state index contributed by atoms with van der Waals surface area (Å²) in [6, 6.07) is 3.35. The zero-order chi connectivity index (χ0) is 16.8. The van der Waals surface area contributed by atoms with Gasteiger partial charge in [0, 0.05) is 24.5 Å². The summed E-state index contributed by atoms with van der Waals surface area (Å²) in [6.07, 6.45) is 0.468. The number of hydrogen-bond donors (Lipinski definition) is 1. The minimum absolute atomic E-state index is 0.125. The first-order valence-electron chi connectivity index (χ1n) is 8.27. The molecule has 3 heterocycles. The van der Waals surface area contributed by atoms with Crippen molar-refractivity contribution in [3.63, 3.8) is 0 Å². The van der Waals surface area contributed by atoms with Crippen LogP contribution in [0.2, 0.25) is 0 Å². The maximum Gasteiger partial charge on any atom is 0.410 e. The monoisotopic (exact) mass is 353 g/mol. The second kappa shape index (κ2) is 8.46. The number of cyclic esters (lactones) is 1. The molecule has 2 aliphatic heterocycles. The third-order valence-electron chi connectivity index (χ3n) is 4.24. The molecule has 2 fully saturated rings. The minimum Gasteiger partial charge on any atom is -0.447 e. The molecule has 2 aliphatic rings. The van der Waals surface area contributed by atoms with E-state index in [9.17, 15) is 9.59 Å².